The molecule has 1 heterocycles. The summed E-state index contributed by atoms with van der Waals surface area (Å²) in [5.41, 5.74) is 2.33. The Morgan fingerprint density at radius 2 is 2.00 bits per heavy atom. The van der Waals surface area contributed by atoms with Crippen molar-refractivity contribution in [2.24, 2.45) is 0 Å². The maximum atomic E-state index is 12.5. The SMILES string of the molecule is COc1ccc(C(=O)c2cc3cccc(C)c3o2)cc1Br. The van der Waals surface area contributed by atoms with Gasteiger partial charge in [-0.1, -0.05) is 18.2 Å². The van der Waals surface area contributed by atoms with E-state index in [0.717, 1.165) is 21.0 Å². The van der Waals surface area contributed by atoms with Gasteiger partial charge in [-0.3, -0.25) is 4.79 Å². The predicted octanol–water partition coefficient (Wildman–Crippen LogP) is 4.74. The van der Waals surface area contributed by atoms with Crippen LogP contribution in [0.15, 0.2) is 51.4 Å². The van der Waals surface area contributed by atoms with Crippen molar-refractivity contribution in [1.82, 2.24) is 0 Å². The maximum Gasteiger partial charge on any atom is 0.228 e. The number of carbonyl (C=O) groups excluding carboxylic acids is 1. The van der Waals surface area contributed by atoms with Gasteiger partial charge in [0.1, 0.15) is 11.3 Å². The highest BCUT2D eigenvalue weighted by molar-refractivity contribution is 9.10. The molecule has 0 aliphatic rings. The molecule has 0 saturated heterocycles. The van der Waals surface area contributed by atoms with Crippen LogP contribution in [0.2, 0.25) is 0 Å². The molecule has 0 amide bonds. The molecule has 0 aliphatic heterocycles. The third kappa shape index (κ3) is 2.47. The van der Waals surface area contributed by atoms with E-state index in [1.807, 2.05) is 25.1 Å². The zero-order valence-corrected chi connectivity index (χ0v) is 13.2. The fourth-order valence-electron chi connectivity index (χ4n) is 2.27. The van der Waals surface area contributed by atoms with Gasteiger partial charge >= 0.3 is 0 Å². The number of hydrogen-bond donors (Lipinski definition) is 0. The third-order valence-corrected chi connectivity index (χ3v) is 4.00. The largest absolute Gasteiger partial charge is 0.496 e. The third-order valence-electron chi connectivity index (χ3n) is 3.38. The second kappa shape index (κ2) is 5.37. The molecule has 0 radical (unpaired) electrons. The lowest BCUT2D eigenvalue weighted by atomic mass is 10.1. The average molecular weight is 345 g/mol. The highest BCUT2D eigenvalue weighted by atomic mass is 79.9. The Kier molecular flexibility index (Phi) is 3.55. The number of furan rings is 1. The van der Waals surface area contributed by atoms with Crippen molar-refractivity contribution >= 4 is 32.7 Å². The van der Waals surface area contributed by atoms with E-state index in [9.17, 15) is 4.79 Å². The van der Waals surface area contributed by atoms with E-state index in [1.165, 1.54) is 0 Å². The van der Waals surface area contributed by atoms with Crippen LogP contribution in [0.25, 0.3) is 11.0 Å². The van der Waals surface area contributed by atoms with Crippen molar-refractivity contribution in [2.45, 2.75) is 6.92 Å². The summed E-state index contributed by atoms with van der Waals surface area (Å²) in [6.07, 6.45) is 0. The molecule has 2 aromatic carbocycles. The molecule has 0 unspecified atom stereocenters. The maximum absolute atomic E-state index is 12.5. The van der Waals surface area contributed by atoms with Crippen LogP contribution in [0.1, 0.15) is 21.7 Å². The minimum atomic E-state index is -0.144. The Morgan fingerprint density at radius 1 is 1.19 bits per heavy atom. The van der Waals surface area contributed by atoms with Crippen LogP contribution < -0.4 is 4.74 Å². The molecule has 0 bridgehead atoms. The van der Waals surface area contributed by atoms with Crippen LogP contribution in [-0.4, -0.2) is 12.9 Å². The molecule has 0 saturated carbocycles. The molecule has 0 fully saturated rings. The zero-order valence-electron chi connectivity index (χ0n) is 11.6. The summed E-state index contributed by atoms with van der Waals surface area (Å²) in [4.78, 5) is 12.5. The zero-order chi connectivity index (χ0) is 15.0. The molecule has 106 valence electrons. The summed E-state index contributed by atoms with van der Waals surface area (Å²) in [5, 5.41) is 0.936. The number of ketones is 1. The first kappa shape index (κ1) is 13.9. The fourth-order valence-corrected chi connectivity index (χ4v) is 2.81. The summed E-state index contributed by atoms with van der Waals surface area (Å²) < 4.78 is 11.6. The Morgan fingerprint density at radius 3 is 2.67 bits per heavy atom. The number of methoxy groups -OCH3 is 1. The summed E-state index contributed by atoms with van der Waals surface area (Å²) in [6, 6.07) is 12.9. The van der Waals surface area contributed by atoms with Gasteiger partial charge in [0.25, 0.3) is 0 Å². The van der Waals surface area contributed by atoms with E-state index in [4.69, 9.17) is 9.15 Å². The second-order valence-electron chi connectivity index (χ2n) is 4.78. The van der Waals surface area contributed by atoms with Crippen LogP contribution in [0.3, 0.4) is 0 Å². The van der Waals surface area contributed by atoms with E-state index >= 15 is 0 Å². The predicted molar refractivity (Wildman–Crippen MR) is 85.1 cm³/mol. The van der Waals surface area contributed by atoms with Gasteiger partial charge in [-0.25, -0.2) is 0 Å². The first-order valence-electron chi connectivity index (χ1n) is 6.47. The number of aryl methyl sites for hydroxylation is 1. The molecule has 0 spiro atoms. The molecule has 21 heavy (non-hydrogen) atoms. The van der Waals surface area contributed by atoms with Crippen LogP contribution in [0, 0.1) is 6.92 Å². The first-order chi connectivity index (χ1) is 10.1. The van der Waals surface area contributed by atoms with Crippen LogP contribution >= 0.6 is 15.9 Å². The molecule has 3 rings (SSSR count). The van der Waals surface area contributed by atoms with Gasteiger partial charge in [-0.05, 0) is 52.7 Å². The Hall–Kier alpha value is -2.07. The summed E-state index contributed by atoms with van der Waals surface area (Å²) in [7, 11) is 1.59. The van der Waals surface area contributed by atoms with Gasteiger partial charge in [0.05, 0.1) is 11.6 Å². The van der Waals surface area contributed by atoms with Gasteiger partial charge in [-0.15, -0.1) is 0 Å². The van der Waals surface area contributed by atoms with Crippen LogP contribution in [0.4, 0.5) is 0 Å². The van der Waals surface area contributed by atoms with E-state index in [0.29, 0.717) is 17.1 Å². The molecule has 0 aliphatic carbocycles. The van der Waals surface area contributed by atoms with Crippen LogP contribution in [-0.2, 0) is 0 Å². The highest BCUT2D eigenvalue weighted by Gasteiger charge is 2.16. The molecular formula is C17H13BrO3. The number of fused-ring (bicyclic) bond motifs is 1. The van der Waals surface area contributed by atoms with Crippen LogP contribution in [0.5, 0.6) is 5.75 Å². The average Bonchev–Trinajstić information content (AvgIpc) is 2.92. The molecule has 0 atom stereocenters. The van der Waals surface area contributed by atoms with Crippen molar-refractivity contribution < 1.29 is 13.9 Å². The lowest BCUT2D eigenvalue weighted by Gasteiger charge is -2.04. The van der Waals surface area contributed by atoms with E-state index in [-0.39, 0.29) is 5.78 Å². The molecule has 1 aromatic heterocycles. The summed E-state index contributed by atoms with van der Waals surface area (Å²) >= 11 is 3.39. The van der Waals surface area contributed by atoms with Gasteiger partial charge in [0, 0.05) is 10.9 Å². The Bertz CT molecular complexity index is 833. The molecule has 4 heteroatoms. The number of para-hydroxylation sites is 1. The quantitative estimate of drug-likeness (QED) is 0.644. The van der Waals surface area contributed by atoms with Gasteiger partial charge in [-0.2, -0.15) is 0 Å². The minimum Gasteiger partial charge on any atom is -0.496 e. The highest BCUT2D eigenvalue weighted by Crippen LogP contribution is 2.28. The summed E-state index contributed by atoms with van der Waals surface area (Å²) in [5.74, 6) is 0.886. The second-order valence-corrected chi connectivity index (χ2v) is 5.64. The van der Waals surface area contributed by atoms with E-state index in [2.05, 4.69) is 15.9 Å². The number of halogens is 1. The Labute approximate surface area is 130 Å². The molecular weight excluding hydrogens is 332 g/mol. The summed E-state index contributed by atoms with van der Waals surface area (Å²) in [6.45, 7) is 1.96. The normalized spacial score (nSPS) is 10.8. The number of hydrogen-bond acceptors (Lipinski definition) is 3. The smallest absolute Gasteiger partial charge is 0.228 e. The number of ether oxygens (including phenoxy) is 1. The van der Waals surface area contributed by atoms with Gasteiger partial charge in [0.15, 0.2) is 5.76 Å². The van der Waals surface area contributed by atoms with E-state index in [1.54, 1.807) is 31.4 Å². The minimum absolute atomic E-state index is 0.144. The lowest BCUT2D eigenvalue weighted by Crippen LogP contribution is -1.99. The number of rotatable bonds is 3. The van der Waals surface area contributed by atoms with Crippen molar-refractivity contribution in [3.63, 3.8) is 0 Å². The topological polar surface area (TPSA) is 39.4 Å². The van der Waals surface area contributed by atoms with Crippen molar-refractivity contribution in [1.29, 1.82) is 0 Å². The monoisotopic (exact) mass is 344 g/mol. The fraction of sp³-hybridized carbons (Fsp3) is 0.118. The first-order valence-corrected chi connectivity index (χ1v) is 7.27. The molecule has 3 nitrogen and oxygen atoms in total. The van der Waals surface area contributed by atoms with Crippen molar-refractivity contribution in [2.75, 3.05) is 7.11 Å². The standard InChI is InChI=1S/C17H13BrO3/c1-10-4-3-5-12-9-15(21-17(10)12)16(19)11-6-7-14(20-2)13(18)8-11/h3-9H,1-2H3. The van der Waals surface area contributed by atoms with E-state index < -0.39 is 0 Å². The molecule has 3 aromatic rings. The van der Waals surface area contributed by atoms with Crippen molar-refractivity contribution in [3.8, 4) is 5.75 Å². The number of carbonyl (C=O) groups is 1. The van der Waals surface area contributed by atoms with Gasteiger partial charge < -0.3 is 9.15 Å². The Balaban J connectivity index is 2.04. The van der Waals surface area contributed by atoms with Crippen molar-refractivity contribution in [3.05, 3.63) is 63.8 Å². The lowest BCUT2D eigenvalue weighted by molar-refractivity contribution is 0.101. The number of benzene rings is 2. The molecule has 0 N–H and O–H groups in total. The van der Waals surface area contributed by atoms with Gasteiger partial charge in [0.2, 0.25) is 5.78 Å².